The van der Waals surface area contributed by atoms with E-state index in [4.69, 9.17) is 0 Å². The number of aromatic nitrogens is 4. The molecule has 0 saturated heterocycles. The number of fused-ring (bicyclic) bond motifs is 3. The van der Waals surface area contributed by atoms with Crippen LogP contribution in [0.3, 0.4) is 0 Å². The topological polar surface area (TPSA) is 81.3 Å². The van der Waals surface area contributed by atoms with Crippen LogP contribution in [0.15, 0.2) is 47.5 Å². The highest BCUT2D eigenvalue weighted by molar-refractivity contribution is 5.92. The second kappa shape index (κ2) is 6.27. The quantitative estimate of drug-likeness (QED) is 0.601. The van der Waals surface area contributed by atoms with Gasteiger partial charge < -0.3 is 5.32 Å². The average molecular weight is 369 g/mol. The van der Waals surface area contributed by atoms with Gasteiger partial charge in [-0.25, -0.2) is 27.6 Å². The molecule has 0 atom stereocenters. The highest BCUT2D eigenvalue weighted by Gasteiger charge is 2.14. The summed E-state index contributed by atoms with van der Waals surface area (Å²) < 4.78 is 29.2. The molecular weight excluding hydrogens is 356 g/mol. The Balaban J connectivity index is 1.67. The highest BCUT2D eigenvalue weighted by Crippen LogP contribution is 2.17. The smallest absolute Gasteiger partial charge is 0.324 e. The fourth-order valence-corrected chi connectivity index (χ4v) is 2.74. The molecule has 2 heterocycles. The summed E-state index contributed by atoms with van der Waals surface area (Å²) in [6.07, 6.45) is 1.27. The summed E-state index contributed by atoms with van der Waals surface area (Å²) in [6, 6.07) is 8.25. The van der Waals surface area contributed by atoms with Gasteiger partial charge in [-0.05, 0) is 42.8 Å². The van der Waals surface area contributed by atoms with E-state index in [1.54, 1.807) is 13.0 Å². The Morgan fingerprint density at radius 1 is 1.19 bits per heavy atom. The average Bonchev–Trinajstić information content (AvgIpc) is 2.94. The van der Waals surface area contributed by atoms with Crippen LogP contribution in [0.1, 0.15) is 5.56 Å². The fourth-order valence-electron chi connectivity index (χ4n) is 2.74. The second-order valence-electron chi connectivity index (χ2n) is 6.05. The van der Waals surface area contributed by atoms with E-state index in [1.165, 1.54) is 36.7 Å². The predicted octanol–water partition coefficient (Wildman–Crippen LogP) is 2.27. The molecule has 27 heavy (non-hydrogen) atoms. The van der Waals surface area contributed by atoms with Crippen molar-refractivity contribution in [1.82, 2.24) is 19.2 Å². The Bertz CT molecular complexity index is 1260. The van der Waals surface area contributed by atoms with Crippen LogP contribution in [0.2, 0.25) is 0 Å². The first kappa shape index (κ1) is 16.8. The standard InChI is InChI=1S/C18H13F2N5O2/c1-10-2-4-12(7-14(10)20)22-16(26)8-25-18(27)24-9-21-15-5-3-11(19)6-13(15)17(24)23-25/h2-7,9H,8H2,1H3,(H,22,26). The summed E-state index contributed by atoms with van der Waals surface area (Å²) >= 11 is 0. The number of hydrogen-bond acceptors (Lipinski definition) is 4. The number of rotatable bonds is 3. The van der Waals surface area contributed by atoms with E-state index in [1.807, 2.05) is 0 Å². The van der Waals surface area contributed by atoms with Crippen molar-refractivity contribution in [3.8, 4) is 0 Å². The molecule has 2 aromatic heterocycles. The monoisotopic (exact) mass is 369 g/mol. The van der Waals surface area contributed by atoms with Crippen LogP contribution in [0.5, 0.6) is 0 Å². The van der Waals surface area contributed by atoms with Gasteiger partial charge in [0.25, 0.3) is 0 Å². The van der Waals surface area contributed by atoms with Crippen molar-refractivity contribution in [2.24, 2.45) is 0 Å². The molecule has 0 aliphatic heterocycles. The molecule has 9 heteroatoms. The lowest BCUT2D eigenvalue weighted by molar-refractivity contribution is -0.117. The van der Waals surface area contributed by atoms with Gasteiger partial charge in [-0.2, -0.15) is 0 Å². The lowest BCUT2D eigenvalue weighted by Crippen LogP contribution is -2.28. The van der Waals surface area contributed by atoms with E-state index < -0.39 is 23.2 Å². The third kappa shape index (κ3) is 3.03. The SMILES string of the molecule is Cc1ccc(NC(=O)Cn2nc3c4cc(F)ccc4ncn3c2=O)cc1F. The van der Waals surface area contributed by atoms with Crippen molar-refractivity contribution in [2.75, 3.05) is 5.32 Å². The molecule has 7 nitrogen and oxygen atoms in total. The van der Waals surface area contributed by atoms with Crippen molar-refractivity contribution in [3.05, 3.63) is 70.4 Å². The van der Waals surface area contributed by atoms with Crippen LogP contribution in [-0.4, -0.2) is 25.1 Å². The summed E-state index contributed by atoms with van der Waals surface area (Å²) in [6.45, 7) is 1.23. The number of anilines is 1. The molecule has 0 unspecified atom stereocenters. The number of amides is 1. The summed E-state index contributed by atoms with van der Waals surface area (Å²) in [5, 5.41) is 6.99. The zero-order valence-corrected chi connectivity index (χ0v) is 14.1. The van der Waals surface area contributed by atoms with Crippen LogP contribution in [0.25, 0.3) is 16.6 Å². The van der Waals surface area contributed by atoms with Crippen molar-refractivity contribution >= 4 is 28.1 Å². The lowest BCUT2D eigenvalue weighted by atomic mass is 10.2. The van der Waals surface area contributed by atoms with E-state index in [2.05, 4.69) is 15.4 Å². The molecular formula is C18H13F2N5O2. The van der Waals surface area contributed by atoms with Crippen LogP contribution in [0.4, 0.5) is 14.5 Å². The van der Waals surface area contributed by atoms with Crippen molar-refractivity contribution in [1.29, 1.82) is 0 Å². The largest absolute Gasteiger partial charge is 0.352 e. The molecule has 4 aromatic rings. The molecule has 4 rings (SSSR count). The first-order chi connectivity index (χ1) is 12.9. The summed E-state index contributed by atoms with van der Waals surface area (Å²) in [5.41, 5.74) is 0.804. The molecule has 0 bridgehead atoms. The Labute approximate surface area is 150 Å². The zero-order chi connectivity index (χ0) is 19.1. The lowest BCUT2D eigenvalue weighted by Gasteiger charge is -2.05. The molecule has 0 aliphatic rings. The van der Waals surface area contributed by atoms with E-state index in [9.17, 15) is 18.4 Å². The molecule has 2 aromatic carbocycles. The van der Waals surface area contributed by atoms with Gasteiger partial charge in [0.2, 0.25) is 5.91 Å². The third-order valence-electron chi connectivity index (χ3n) is 4.13. The van der Waals surface area contributed by atoms with E-state index in [-0.39, 0.29) is 17.9 Å². The first-order valence-electron chi connectivity index (χ1n) is 8.02. The van der Waals surface area contributed by atoms with Gasteiger partial charge in [0.05, 0.1) is 5.52 Å². The van der Waals surface area contributed by atoms with Crippen molar-refractivity contribution in [3.63, 3.8) is 0 Å². The summed E-state index contributed by atoms with van der Waals surface area (Å²) in [7, 11) is 0. The number of aryl methyl sites for hydroxylation is 1. The van der Waals surface area contributed by atoms with Gasteiger partial charge in [0.1, 0.15) is 24.5 Å². The van der Waals surface area contributed by atoms with Crippen LogP contribution in [-0.2, 0) is 11.3 Å². The molecule has 0 fully saturated rings. The third-order valence-corrected chi connectivity index (χ3v) is 4.13. The Morgan fingerprint density at radius 3 is 2.78 bits per heavy atom. The highest BCUT2D eigenvalue weighted by atomic mass is 19.1. The normalized spacial score (nSPS) is 11.2. The van der Waals surface area contributed by atoms with Gasteiger partial charge >= 0.3 is 5.69 Å². The van der Waals surface area contributed by atoms with E-state index >= 15 is 0 Å². The maximum absolute atomic E-state index is 13.6. The summed E-state index contributed by atoms with van der Waals surface area (Å²) in [5.74, 6) is -1.48. The number of halogens is 2. The van der Waals surface area contributed by atoms with Crippen LogP contribution >= 0.6 is 0 Å². The molecule has 1 amide bonds. The number of nitrogens with zero attached hydrogens (tertiary/aromatic N) is 4. The zero-order valence-electron chi connectivity index (χ0n) is 14.1. The Hall–Kier alpha value is -3.62. The minimum absolute atomic E-state index is 0.193. The van der Waals surface area contributed by atoms with Gasteiger partial charge in [-0.1, -0.05) is 6.07 Å². The minimum atomic E-state index is -0.589. The predicted molar refractivity (Wildman–Crippen MR) is 94.5 cm³/mol. The number of hydrogen-bond donors (Lipinski definition) is 1. The van der Waals surface area contributed by atoms with E-state index in [0.29, 0.717) is 16.5 Å². The van der Waals surface area contributed by atoms with Crippen molar-refractivity contribution in [2.45, 2.75) is 13.5 Å². The maximum Gasteiger partial charge on any atom is 0.352 e. The maximum atomic E-state index is 13.6. The van der Waals surface area contributed by atoms with Crippen LogP contribution < -0.4 is 11.0 Å². The van der Waals surface area contributed by atoms with Gasteiger partial charge in [0, 0.05) is 11.1 Å². The second-order valence-corrected chi connectivity index (χ2v) is 6.05. The molecule has 0 radical (unpaired) electrons. The van der Waals surface area contributed by atoms with Crippen LogP contribution in [0, 0.1) is 18.6 Å². The van der Waals surface area contributed by atoms with Crippen molar-refractivity contribution < 1.29 is 13.6 Å². The Kier molecular flexibility index (Phi) is 3.91. The van der Waals surface area contributed by atoms with Gasteiger partial charge in [-0.3, -0.25) is 4.79 Å². The number of carbonyl (C=O) groups excluding carboxylic acids is 1. The van der Waals surface area contributed by atoms with Gasteiger partial charge in [0.15, 0.2) is 5.65 Å². The molecule has 0 saturated carbocycles. The number of carbonyl (C=O) groups is 1. The Morgan fingerprint density at radius 2 is 2.00 bits per heavy atom. The number of benzene rings is 2. The number of nitrogens with one attached hydrogen (secondary N) is 1. The molecule has 1 N–H and O–H groups in total. The summed E-state index contributed by atoms with van der Waals surface area (Å²) in [4.78, 5) is 28.7. The molecule has 0 spiro atoms. The fraction of sp³-hybridized carbons (Fsp3) is 0.111. The van der Waals surface area contributed by atoms with Gasteiger partial charge in [-0.15, -0.1) is 5.10 Å². The minimum Gasteiger partial charge on any atom is -0.324 e. The molecule has 0 aliphatic carbocycles. The van der Waals surface area contributed by atoms with E-state index in [0.717, 1.165) is 9.08 Å². The molecule has 136 valence electrons. The first-order valence-corrected chi connectivity index (χ1v) is 8.02.